The number of morpholine rings is 1. The maximum atomic E-state index is 11.9. The van der Waals surface area contributed by atoms with Gasteiger partial charge in [-0.1, -0.05) is 27.7 Å². The van der Waals surface area contributed by atoms with Crippen molar-refractivity contribution in [2.45, 2.75) is 40.2 Å². The first-order chi connectivity index (χ1) is 12.3. The number of nitrogens with zero attached hydrogens (tertiary/aromatic N) is 3. The Kier molecular flexibility index (Phi) is 10.6. The zero-order valence-corrected chi connectivity index (χ0v) is 17.5. The fourth-order valence-corrected chi connectivity index (χ4v) is 2.83. The lowest BCUT2D eigenvalue weighted by atomic mass is 10.0. The Morgan fingerprint density at radius 1 is 1.08 bits per heavy atom. The molecule has 1 aliphatic heterocycles. The Morgan fingerprint density at radius 3 is 2.23 bits per heavy atom. The third-order valence-electron chi connectivity index (χ3n) is 4.36. The number of likely N-dealkylation sites (N-methyl/N-ethyl adjacent to an activating group) is 1. The molecule has 1 unspecified atom stereocenters. The van der Waals surface area contributed by atoms with Gasteiger partial charge in [0.05, 0.1) is 13.2 Å². The van der Waals surface area contributed by atoms with Crippen LogP contribution in [-0.2, 0) is 9.53 Å². The molecule has 26 heavy (non-hydrogen) atoms. The van der Waals surface area contributed by atoms with E-state index in [1.54, 1.807) is 19.0 Å². The molecule has 1 amide bonds. The summed E-state index contributed by atoms with van der Waals surface area (Å²) in [5.41, 5.74) is 0. The Balaban J connectivity index is 2.68. The van der Waals surface area contributed by atoms with Crippen molar-refractivity contribution in [3.63, 3.8) is 0 Å². The molecule has 1 heterocycles. The summed E-state index contributed by atoms with van der Waals surface area (Å²) in [4.78, 5) is 20.4. The van der Waals surface area contributed by atoms with Crippen LogP contribution in [0.15, 0.2) is 4.99 Å². The summed E-state index contributed by atoms with van der Waals surface area (Å²) in [6.07, 6.45) is 1.13. The summed E-state index contributed by atoms with van der Waals surface area (Å²) in [6.45, 7) is 14.2. The molecule has 0 aromatic rings. The van der Waals surface area contributed by atoms with Crippen LogP contribution in [0.5, 0.6) is 0 Å². The van der Waals surface area contributed by atoms with E-state index in [9.17, 15) is 4.79 Å². The largest absolute Gasteiger partial charge is 0.379 e. The third kappa shape index (κ3) is 9.38. The van der Waals surface area contributed by atoms with Crippen molar-refractivity contribution in [3.05, 3.63) is 0 Å². The first-order valence-electron chi connectivity index (χ1n) is 9.83. The first-order valence-corrected chi connectivity index (χ1v) is 9.83. The quantitative estimate of drug-likeness (QED) is 0.469. The fraction of sp³-hybridized carbons (Fsp3) is 0.895. The molecule has 2 N–H and O–H groups in total. The van der Waals surface area contributed by atoms with E-state index in [-0.39, 0.29) is 12.5 Å². The fourth-order valence-electron chi connectivity index (χ4n) is 2.83. The van der Waals surface area contributed by atoms with Gasteiger partial charge in [0.25, 0.3) is 0 Å². The maximum absolute atomic E-state index is 11.9. The average molecular weight is 370 g/mol. The van der Waals surface area contributed by atoms with E-state index in [0.717, 1.165) is 51.8 Å². The van der Waals surface area contributed by atoms with Gasteiger partial charge in [-0.15, -0.1) is 0 Å². The van der Waals surface area contributed by atoms with Crippen molar-refractivity contribution in [3.8, 4) is 0 Å². The summed E-state index contributed by atoms with van der Waals surface area (Å²) in [5.74, 6) is 1.86. The van der Waals surface area contributed by atoms with Gasteiger partial charge < -0.3 is 20.3 Å². The highest BCUT2D eigenvalue weighted by Gasteiger charge is 2.22. The van der Waals surface area contributed by atoms with Gasteiger partial charge in [0.1, 0.15) is 6.54 Å². The SMILES string of the molecule is CC(C)CNC(=NCC(=O)N(C)C)NCC(CC(C)C)N1CCOCC1. The lowest BCUT2D eigenvalue weighted by Gasteiger charge is -2.35. The number of hydrogen-bond acceptors (Lipinski definition) is 4. The molecule has 1 saturated heterocycles. The highest BCUT2D eigenvalue weighted by atomic mass is 16.5. The average Bonchev–Trinajstić information content (AvgIpc) is 2.59. The van der Waals surface area contributed by atoms with Crippen LogP contribution in [0.3, 0.4) is 0 Å². The highest BCUT2D eigenvalue weighted by molar-refractivity contribution is 5.84. The minimum atomic E-state index is 0.00237. The second-order valence-electron chi connectivity index (χ2n) is 8.04. The molecule has 0 spiro atoms. The zero-order chi connectivity index (χ0) is 19.5. The second-order valence-corrected chi connectivity index (χ2v) is 8.04. The molecule has 0 aliphatic carbocycles. The third-order valence-corrected chi connectivity index (χ3v) is 4.36. The number of carbonyl (C=O) groups is 1. The van der Waals surface area contributed by atoms with Gasteiger partial charge in [-0.25, -0.2) is 4.99 Å². The molecule has 0 saturated carbocycles. The lowest BCUT2D eigenvalue weighted by molar-refractivity contribution is -0.127. The van der Waals surface area contributed by atoms with Crippen molar-refractivity contribution in [1.82, 2.24) is 20.4 Å². The van der Waals surface area contributed by atoms with Gasteiger partial charge in [-0.3, -0.25) is 9.69 Å². The predicted octanol–water partition coefficient (Wildman–Crippen LogP) is 1.01. The Bertz CT molecular complexity index is 432. The molecule has 7 heteroatoms. The van der Waals surface area contributed by atoms with Crippen LogP contribution in [0, 0.1) is 11.8 Å². The molecular weight excluding hydrogens is 330 g/mol. The van der Waals surface area contributed by atoms with Crippen molar-refractivity contribution >= 4 is 11.9 Å². The minimum absolute atomic E-state index is 0.00237. The van der Waals surface area contributed by atoms with Crippen LogP contribution in [0.4, 0.5) is 0 Å². The van der Waals surface area contributed by atoms with Crippen molar-refractivity contribution in [2.75, 3.05) is 60.0 Å². The van der Waals surface area contributed by atoms with E-state index < -0.39 is 0 Å². The number of guanidine groups is 1. The van der Waals surface area contributed by atoms with Gasteiger partial charge in [0.15, 0.2) is 5.96 Å². The summed E-state index contributed by atoms with van der Waals surface area (Å²) < 4.78 is 5.49. The van der Waals surface area contributed by atoms with Gasteiger partial charge in [0.2, 0.25) is 5.91 Å². The normalized spacial score (nSPS) is 17.5. The number of carbonyl (C=O) groups excluding carboxylic acids is 1. The smallest absolute Gasteiger partial charge is 0.243 e. The summed E-state index contributed by atoms with van der Waals surface area (Å²) in [7, 11) is 3.51. The predicted molar refractivity (Wildman–Crippen MR) is 107 cm³/mol. The topological polar surface area (TPSA) is 69.2 Å². The summed E-state index contributed by atoms with van der Waals surface area (Å²) >= 11 is 0. The van der Waals surface area contributed by atoms with Crippen LogP contribution in [0.25, 0.3) is 0 Å². The number of hydrogen-bond donors (Lipinski definition) is 2. The van der Waals surface area contributed by atoms with Crippen LogP contribution in [0.1, 0.15) is 34.1 Å². The first kappa shape index (κ1) is 22.7. The van der Waals surface area contributed by atoms with E-state index >= 15 is 0 Å². The number of nitrogens with one attached hydrogen (secondary N) is 2. The highest BCUT2D eigenvalue weighted by Crippen LogP contribution is 2.13. The Hall–Kier alpha value is -1.34. The Labute approximate surface area is 159 Å². The molecule has 7 nitrogen and oxygen atoms in total. The zero-order valence-electron chi connectivity index (χ0n) is 17.5. The van der Waals surface area contributed by atoms with Gasteiger partial charge >= 0.3 is 0 Å². The second kappa shape index (κ2) is 12.1. The number of ether oxygens (including phenoxy) is 1. The molecule has 0 aromatic carbocycles. The molecule has 0 aromatic heterocycles. The van der Waals surface area contributed by atoms with E-state index in [2.05, 4.69) is 48.2 Å². The number of amides is 1. The van der Waals surface area contributed by atoms with Crippen LogP contribution >= 0.6 is 0 Å². The van der Waals surface area contributed by atoms with Gasteiger partial charge in [-0.05, 0) is 18.3 Å². The molecule has 1 atom stereocenters. The maximum Gasteiger partial charge on any atom is 0.243 e. The van der Waals surface area contributed by atoms with Crippen LogP contribution in [0.2, 0.25) is 0 Å². The molecule has 1 fully saturated rings. The standard InChI is InChI=1S/C19H39N5O2/c1-15(2)11-17(24-7-9-26-10-8-24)13-21-19(20-12-16(3)4)22-14-18(25)23(5)6/h15-17H,7-14H2,1-6H3,(H2,20,21,22). The minimum Gasteiger partial charge on any atom is -0.379 e. The molecule has 1 aliphatic rings. The van der Waals surface area contributed by atoms with E-state index in [0.29, 0.717) is 17.9 Å². The van der Waals surface area contributed by atoms with Crippen molar-refractivity contribution in [2.24, 2.45) is 16.8 Å². The number of rotatable bonds is 9. The molecule has 1 rings (SSSR count). The monoisotopic (exact) mass is 369 g/mol. The van der Waals surface area contributed by atoms with E-state index in [4.69, 9.17) is 4.74 Å². The molecular formula is C19H39N5O2. The van der Waals surface area contributed by atoms with E-state index in [1.807, 2.05) is 0 Å². The molecule has 0 radical (unpaired) electrons. The van der Waals surface area contributed by atoms with Gasteiger partial charge in [0, 0.05) is 46.3 Å². The Morgan fingerprint density at radius 2 is 1.69 bits per heavy atom. The molecule has 0 bridgehead atoms. The van der Waals surface area contributed by atoms with Crippen LogP contribution < -0.4 is 10.6 Å². The van der Waals surface area contributed by atoms with Gasteiger partial charge in [-0.2, -0.15) is 0 Å². The lowest BCUT2D eigenvalue weighted by Crippen LogP contribution is -2.51. The van der Waals surface area contributed by atoms with E-state index in [1.165, 1.54) is 0 Å². The van der Waals surface area contributed by atoms with Crippen LogP contribution in [-0.4, -0.2) is 87.7 Å². The molecule has 152 valence electrons. The van der Waals surface area contributed by atoms with Crippen molar-refractivity contribution < 1.29 is 9.53 Å². The summed E-state index contributed by atoms with van der Waals surface area (Å²) in [6, 6.07) is 0.439. The van der Waals surface area contributed by atoms with Crippen molar-refractivity contribution in [1.29, 1.82) is 0 Å². The number of aliphatic imine (C=N–C) groups is 1. The summed E-state index contributed by atoms with van der Waals surface area (Å²) in [5, 5.41) is 6.81.